The van der Waals surface area contributed by atoms with Gasteiger partial charge in [-0.1, -0.05) is 19.3 Å². The van der Waals surface area contributed by atoms with E-state index in [0.29, 0.717) is 13.0 Å². The maximum Gasteiger partial charge on any atom is 0.223 e. The van der Waals surface area contributed by atoms with Gasteiger partial charge in [-0.15, -0.1) is 12.4 Å². The van der Waals surface area contributed by atoms with Crippen LogP contribution in [0.1, 0.15) is 38.5 Å². The Kier molecular flexibility index (Phi) is 7.73. The molecule has 1 aliphatic heterocycles. The Bertz CT molecular complexity index is 264. The van der Waals surface area contributed by atoms with Gasteiger partial charge in [-0.3, -0.25) is 4.79 Å². The van der Waals surface area contributed by atoms with Gasteiger partial charge in [0, 0.05) is 32.6 Å². The summed E-state index contributed by atoms with van der Waals surface area (Å²) in [5, 5.41) is 3.34. The summed E-state index contributed by atoms with van der Waals surface area (Å²) in [6.45, 7) is 3.24. The summed E-state index contributed by atoms with van der Waals surface area (Å²) >= 11 is 0. The zero-order chi connectivity index (χ0) is 12.8. The zero-order valence-electron chi connectivity index (χ0n) is 11.9. The number of morpholine rings is 1. The average molecular weight is 291 g/mol. The van der Waals surface area contributed by atoms with Crippen LogP contribution in [0.2, 0.25) is 0 Å². The molecule has 19 heavy (non-hydrogen) atoms. The summed E-state index contributed by atoms with van der Waals surface area (Å²) in [7, 11) is 1.95. The maximum absolute atomic E-state index is 12.1. The number of nitrogens with one attached hydrogen (secondary N) is 1. The standard InChI is InChI=1S/C14H26N2O2.ClH/c1-16(10-12-5-3-2-4-6-12)14(17)9-13-11-18-8-7-15-13;/h12-13,15H,2-11H2,1H3;1H. The molecule has 0 aromatic heterocycles. The minimum Gasteiger partial charge on any atom is -0.378 e. The number of ether oxygens (including phenoxy) is 1. The highest BCUT2D eigenvalue weighted by Crippen LogP contribution is 2.24. The van der Waals surface area contributed by atoms with E-state index in [1.165, 1.54) is 32.1 Å². The van der Waals surface area contributed by atoms with Crippen LogP contribution in [0.25, 0.3) is 0 Å². The molecule has 1 heterocycles. The minimum atomic E-state index is 0. The van der Waals surface area contributed by atoms with Crippen molar-refractivity contribution in [1.82, 2.24) is 10.2 Å². The fraction of sp³-hybridized carbons (Fsp3) is 0.929. The van der Waals surface area contributed by atoms with Crippen LogP contribution in [-0.2, 0) is 9.53 Å². The molecule has 5 heteroatoms. The summed E-state index contributed by atoms with van der Waals surface area (Å²) < 4.78 is 5.38. The number of hydrogen-bond acceptors (Lipinski definition) is 3. The fourth-order valence-corrected chi connectivity index (χ4v) is 2.98. The van der Waals surface area contributed by atoms with Gasteiger partial charge < -0.3 is 15.0 Å². The molecular weight excluding hydrogens is 264 g/mol. The number of halogens is 1. The lowest BCUT2D eigenvalue weighted by molar-refractivity contribution is -0.131. The quantitative estimate of drug-likeness (QED) is 0.859. The van der Waals surface area contributed by atoms with E-state index >= 15 is 0 Å². The molecule has 0 radical (unpaired) electrons. The second-order valence-electron chi connectivity index (χ2n) is 5.71. The maximum atomic E-state index is 12.1. The highest BCUT2D eigenvalue weighted by atomic mass is 35.5. The predicted octanol–water partition coefficient (Wildman–Crippen LogP) is 1.83. The molecule has 1 N–H and O–H groups in total. The Morgan fingerprint density at radius 1 is 1.32 bits per heavy atom. The number of nitrogens with zero attached hydrogens (tertiary/aromatic N) is 1. The first-order valence-electron chi connectivity index (χ1n) is 7.31. The van der Waals surface area contributed by atoms with Gasteiger partial charge >= 0.3 is 0 Å². The SMILES string of the molecule is CN(CC1CCCCC1)C(=O)CC1COCCN1.Cl. The number of rotatable bonds is 4. The first kappa shape index (κ1) is 16.7. The fourth-order valence-electron chi connectivity index (χ4n) is 2.98. The van der Waals surface area contributed by atoms with E-state index < -0.39 is 0 Å². The molecule has 1 aliphatic carbocycles. The largest absolute Gasteiger partial charge is 0.378 e. The number of hydrogen-bond donors (Lipinski definition) is 1. The summed E-state index contributed by atoms with van der Waals surface area (Å²) in [5.74, 6) is 0.979. The predicted molar refractivity (Wildman–Crippen MR) is 78.7 cm³/mol. The summed E-state index contributed by atoms with van der Waals surface area (Å²) in [6.07, 6.45) is 7.21. The van der Waals surface area contributed by atoms with E-state index in [1.807, 2.05) is 11.9 Å². The van der Waals surface area contributed by atoms with E-state index in [-0.39, 0.29) is 24.4 Å². The first-order valence-corrected chi connectivity index (χ1v) is 7.31. The van der Waals surface area contributed by atoms with Crippen molar-refractivity contribution in [2.75, 3.05) is 33.4 Å². The second-order valence-corrected chi connectivity index (χ2v) is 5.71. The van der Waals surface area contributed by atoms with Crippen molar-refractivity contribution >= 4 is 18.3 Å². The highest BCUT2D eigenvalue weighted by molar-refractivity contribution is 5.85. The minimum absolute atomic E-state index is 0. The molecule has 112 valence electrons. The van der Waals surface area contributed by atoms with Crippen LogP contribution in [0.3, 0.4) is 0 Å². The van der Waals surface area contributed by atoms with Crippen molar-refractivity contribution in [3.8, 4) is 0 Å². The van der Waals surface area contributed by atoms with Crippen LogP contribution < -0.4 is 5.32 Å². The van der Waals surface area contributed by atoms with Crippen LogP contribution in [0.15, 0.2) is 0 Å². The molecule has 2 fully saturated rings. The topological polar surface area (TPSA) is 41.6 Å². The van der Waals surface area contributed by atoms with Crippen molar-refractivity contribution in [1.29, 1.82) is 0 Å². The third kappa shape index (κ3) is 5.67. The summed E-state index contributed by atoms with van der Waals surface area (Å²) in [4.78, 5) is 14.0. The van der Waals surface area contributed by atoms with E-state index in [1.54, 1.807) is 0 Å². The van der Waals surface area contributed by atoms with Gasteiger partial charge in [0.2, 0.25) is 5.91 Å². The Balaban J connectivity index is 0.00000180. The van der Waals surface area contributed by atoms with Crippen molar-refractivity contribution in [3.63, 3.8) is 0 Å². The lowest BCUT2D eigenvalue weighted by Crippen LogP contribution is -2.45. The molecular formula is C14H27ClN2O2. The van der Waals surface area contributed by atoms with Gasteiger partial charge in [0.05, 0.1) is 13.2 Å². The van der Waals surface area contributed by atoms with Gasteiger partial charge in [0.25, 0.3) is 0 Å². The second kappa shape index (κ2) is 8.77. The van der Waals surface area contributed by atoms with Crippen LogP contribution in [0.5, 0.6) is 0 Å². The van der Waals surface area contributed by atoms with Gasteiger partial charge in [-0.2, -0.15) is 0 Å². The molecule has 1 atom stereocenters. The lowest BCUT2D eigenvalue weighted by Gasteiger charge is -2.29. The highest BCUT2D eigenvalue weighted by Gasteiger charge is 2.22. The molecule has 0 aromatic carbocycles. The summed E-state index contributed by atoms with van der Waals surface area (Å²) in [5.41, 5.74) is 0. The van der Waals surface area contributed by atoms with Crippen LogP contribution in [-0.4, -0.2) is 50.2 Å². The van der Waals surface area contributed by atoms with Crippen LogP contribution >= 0.6 is 12.4 Å². The van der Waals surface area contributed by atoms with Crippen LogP contribution in [0.4, 0.5) is 0 Å². The summed E-state index contributed by atoms with van der Waals surface area (Å²) in [6, 6.07) is 0.208. The molecule has 1 saturated heterocycles. The molecule has 0 bridgehead atoms. The molecule has 4 nitrogen and oxygen atoms in total. The van der Waals surface area contributed by atoms with E-state index in [2.05, 4.69) is 5.32 Å². The van der Waals surface area contributed by atoms with Gasteiger partial charge in [0.1, 0.15) is 0 Å². The van der Waals surface area contributed by atoms with E-state index in [0.717, 1.165) is 25.6 Å². The molecule has 2 rings (SSSR count). The van der Waals surface area contributed by atoms with Crippen LogP contribution in [0, 0.1) is 5.92 Å². The Morgan fingerprint density at radius 2 is 2.05 bits per heavy atom. The average Bonchev–Trinajstić information content (AvgIpc) is 2.41. The van der Waals surface area contributed by atoms with E-state index in [4.69, 9.17) is 4.74 Å². The third-order valence-electron chi connectivity index (χ3n) is 4.10. The Labute approximate surface area is 122 Å². The Hall–Kier alpha value is -0.320. The van der Waals surface area contributed by atoms with Crippen molar-refractivity contribution in [2.24, 2.45) is 5.92 Å². The molecule has 0 spiro atoms. The molecule has 2 aliphatic rings. The molecule has 0 aromatic rings. The van der Waals surface area contributed by atoms with Gasteiger partial charge in [0.15, 0.2) is 0 Å². The van der Waals surface area contributed by atoms with Gasteiger partial charge in [-0.05, 0) is 18.8 Å². The van der Waals surface area contributed by atoms with Gasteiger partial charge in [-0.25, -0.2) is 0 Å². The normalized spacial score (nSPS) is 24.6. The third-order valence-corrected chi connectivity index (χ3v) is 4.10. The van der Waals surface area contributed by atoms with Crippen molar-refractivity contribution < 1.29 is 9.53 Å². The lowest BCUT2D eigenvalue weighted by atomic mass is 9.89. The number of carbonyl (C=O) groups is 1. The number of carbonyl (C=O) groups excluding carboxylic acids is 1. The van der Waals surface area contributed by atoms with E-state index in [9.17, 15) is 4.79 Å². The monoisotopic (exact) mass is 290 g/mol. The smallest absolute Gasteiger partial charge is 0.223 e. The number of amides is 1. The first-order chi connectivity index (χ1) is 8.75. The van der Waals surface area contributed by atoms with Crippen molar-refractivity contribution in [2.45, 2.75) is 44.6 Å². The molecule has 1 amide bonds. The zero-order valence-corrected chi connectivity index (χ0v) is 12.7. The van der Waals surface area contributed by atoms with Crippen molar-refractivity contribution in [3.05, 3.63) is 0 Å². The Morgan fingerprint density at radius 3 is 2.68 bits per heavy atom. The molecule has 1 saturated carbocycles. The molecule has 1 unspecified atom stereocenters.